The van der Waals surface area contributed by atoms with Crippen molar-refractivity contribution in [1.82, 2.24) is 0 Å². The largest absolute Gasteiger partial charge is 0.489 e. The molecular formula is C22H28O2. The van der Waals surface area contributed by atoms with Crippen molar-refractivity contribution in [3.8, 4) is 5.75 Å². The second kappa shape index (κ2) is 9.92. The van der Waals surface area contributed by atoms with Gasteiger partial charge in [-0.1, -0.05) is 63.1 Å². The number of unbranched alkanes of at least 4 members (excludes halogenated alkanes) is 2. The van der Waals surface area contributed by atoms with E-state index in [0.717, 1.165) is 36.9 Å². The van der Waals surface area contributed by atoms with Crippen LogP contribution in [0.5, 0.6) is 5.75 Å². The molecule has 0 aliphatic heterocycles. The average molecular weight is 324 g/mol. The fraction of sp³-hybridized carbons (Fsp3) is 0.409. The van der Waals surface area contributed by atoms with Crippen LogP contribution < -0.4 is 4.74 Å². The Morgan fingerprint density at radius 1 is 0.917 bits per heavy atom. The van der Waals surface area contributed by atoms with Gasteiger partial charge in [-0.3, -0.25) is 4.79 Å². The van der Waals surface area contributed by atoms with Crippen LogP contribution in [0.25, 0.3) is 0 Å². The van der Waals surface area contributed by atoms with Crippen molar-refractivity contribution >= 4 is 6.29 Å². The van der Waals surface area contributed by atoms with Gasteiger partial charge in [0.05, 0.1) is 0 Å². The molecule has 0 aromatic heterocycles. The van der Waals surface area contributed by atoms with E-state index in [1.165, 1.54) is 30.4 Å². The zero-order valence-corrected chi connectivity index (χ0v) is 14.9. The maximum absolute atomic E-state index is 11.2. The van der Waals surface area contributed by atoms with Gasteiger partial charge in [-0.25, -0.2) is 0 Å². The van der Waals surface area contributed by atoms with Crippen LogP contribution in [0.3, 0.4) is 0 Å². The van der Waals surface area contributed by atoms with E-state index in [2.05, 4.69) is 32.0 Å². The molecule has 0 amide bonds. The van der Waals surface area contributed by atoms with E-state index >= 15 is 0 Å². The minimum absolute atomic E-state index is 0.436. The van der Waals surface area contributed by atoms with E-state index in [1.807, 2.05) is 24.3 Å². The number of aryl methyl sites for hydroxylation is 2. The summed E-state index contributed by atoms with van der Waals surface area (Å²) in [6.07, 6.45) is 7.75. The molecule has 2 aromatic rings. The number of ether oxygens (including phenoxy) is 1. The van der Waals surface area contributed by atoms with Crippen molar-refractivity contribution in [2.45, 2.75) is 59.0 Å². The van der Waals surface area contributed by atoms with E-state index < -0.39 is 0 Å². The summed E-state index contributed by atoms with van der Waals surface area (Å²) >= 11 is 0. The number of carbonyl (C=O) groups excluding carboxylic acids is 1. The summed E-state index contributed by atoms with van der Waals surface area (Å²) in [5.41, 5.74) is 4.24. The Bertz CT molecular complexity index is 646. The SMILES string of the molecule is CCCCc1ccc(CCCC)c(OCc2ccccc2C=O)c1. The van der Waals surface area contributed by atoms with Crippen molar-refractivity contribution < 1.29 is 9.53 Å². The second-order valence-electron chi connectivity index (χ2n) is 6.25. The number of benzene rings is 2. The predicted octanol–water partition coefficient (Wildman–Crippen LogP) is 5.76. The lowest BCUT2D eigenvalue weighted by Crippen LogP contribution is -2.02. The van der Waals surface area contributed by atoms with Crippen molar-refractivity contribution in [2.24, 2.45) is 0 Å². The lowest BCUT2D eigenvalue weighted by molar-refractivity contribution is 0.112. The molecule has 0 radical (unpaired) electrons. The molecule has 0 N–H and O–H groups in total. The van der Waals surface area contributed by atoms with Gasteiger partial charge in [-0.05, 0) is 48.4 Å². The highest BCUT2D eigenvalue weighted by molar-refractivity contribution is 5.77. The van der Waals surface area contributed by atoms with Gasteiger partial charge in [-0.2, -0.15) is 0 Å². The summed E-state index contributed by atoms with van der Waals surface area (Å²) < 4.78 is 6.12. The van der Waals surface area contributed by atoms with Crippen LogP contribution in [-0.2, 0) is 19.4 Å². The molecule has 0 heterocycles. The Balaban J connectivity index is 2.16. The Morgan fingerprint density at radius 2 is 1.67 bits per heavy atom. The monoisotopic (exact) mass is 324 g/mol. The first-order valence-electron chi connectivity index (χ1n) is 9.06. The fourth-order valence-corrected chi connectivity index (χ4v) is 2.78. The van der Waals surface area contributed by atoms with Crippen molar-refractivity contribution in [3.63, 3.8) is 0 Å². The summed E-state index contributed by atoms with van der Waals surface area (Å²) in [7, 11) is 0. The average Bonchev–Trinajstić information content (AvgIpc) is 2.63. The third-order valence-electron chi connectivity index (χ3n) is 4.32. The Morgan fingerprint density at radius 3 is 2.42 bits per heavy atom. The lowest BCUT2D eigenvalue weighted by Gasteiger charge is -2.14. The maximum Gasteiger partial charge on any atom is 0.150 e. The molecule has 2 heteroatoms. The van der Waals surface area contributed by atoms with Gasteiger partial charge >= 0.3 is 0 Å². The Kier molecular flexibility index (Phi) is 7.54. The lowest BCUT2D eigenvalue weighted by atomic mass is 10.0. The Labute approximate surface area is 145 Å². The van der Waals surface area contributed by atoms with Gasteiger partial charge < -0.3 is 4.74 Å². The summed E-state index contributed by atoms with van der Waals surface area (Å²) in [6, 6.07) is 14.2. The number of hydrogen-bond donors (Lipinski definition) is 0. The standard InChI is InChI=1S/C22H28O2/c1-3-5-9-18-13-14-19(10-6-4-2)22(15-18)24-17-21-12-8-7-11-20(21)16-23/h7-8,11-16H,3-6,9-10,17H2,1-2H3. The first kappa shape index (κ1) is 18.3. The third-order valence-corrected chi connectivity index (χ3v) is 4.32. The fourth-order valence-electron chi connectivity index (χ4n) is 2.78. The van der Waals surface area contributed by atoms with Crippen LogP contribution in [0.4, 0.5) is 0 Å². The molecule has 0 aliphatic carbocycles. The van der Waals surface area contributed by atoms with E-state index in [-0.39, 0.29) is 0 Å². The van der Waals surface area contributed by atoms with Crippen LogP contribution in [-0.4, -0.2) is 6.29 Å². The molecule has 2 aromatic carbocycles. The summed E-state index contributed by atoms with van der Waals surface area (Å²) in [5.74, 6) is 0.970. The number of hydrogen-bond acceptors (Lipinski definition) is 2. The predicted molar refractivity (Wildman–Crippen MR) is 99.8 cm³/mol. The molecule has 2 rings (SSSR count). The van der Waals surface area contributed by atoms with Gasteiger partial charge in [-0.15, -0.1) is 0 Å². The molecule has 0 saturated carbocycles. The number of rotatable bonds is 10. The molecule has 128 valence electrons. The van der Waals surface area contributed by atoms with Crippen molar-refractivity contribution in [1.29, 1.82) is 0 Å². The van der Waals surface area contributed by atoms with E-state index in [1.54, 1.807) is 0 Å². The van der Waals surface area contributed by atoms with Crippen molar-refractivity contribution in [3.05, 3.63) is 64.7 Å². The van der Waals surface area contributed by atoms with Crippen LogP contribution in [0.15, 0.2) is 42.5 Å². The van der Waals surface area contributed by atoms with Gasteiger partial charge in [0, 0.05) is 5.56 Å². The number of aldehydes is 1. The summed E-state index contributed by atoms with van der Waals surface area (Å²) in [6.45, 7) is 4.85. The minimum atomic E-state index is 0.436. The van der Waals surface area contributed by atoms with E-state index in [9.17, 15) is 4.79 Å². The highest BCUT2D eigenvalue weighted by Gasteiger charge is 2.08. The Hall–Kier alpha value is -2.09. The maximum atomic E-state index is 11.2. The topological polar surface area (TPSA) is 26.3 Å². The quantitative estimate of drug-likeness (QED) is 0.519. The molecule has 0 aliphatic rings. The first-order valence-corrected chi connectivity index (χ1v) is 9.06. The normalized spacial score (nSPS) is 10.6. The zero-order chi connectivity index (χ0) is 17.2. The first-order chi connectivity index (χ1) is 11.8. The van der Waals surface area contributed by atoms with Gasteiger partial charge in [0.1, 0.15) is 18.6 Å². The molecule has 24 heavy (non-hydrogen) atoms. The number of carbonyl (C=O) groups is 1. The second-order valence-corrected chi connectivity index (χ2v) is 6.25. The molecule has 0 unspecified atom stereocenters. The van der Waals surface area contributed by atoms with Crippen LogP contribution >= 0.6 is 0 Å². The summed E-state index contributed by atoms with van der Waals surface area (Å²) in [5, 5.41) is 0. The van der Waals surface area contributed by atoms with Gasteiger partial charge in [0.2, 0.25) is 0 Å². The van der Waals surface area contributed by atoms with Gasteiger partial charge in [0.15, 0.2) is 0 Å². The van der Waals surface area contributed by atoms with Crippen LogP contribution in [0.1, 0.15) is 66.6 Å². The highest BCUT2D eigenvalue weighted by Crippen LogP contribution is 2.25. The van der Waals surface area contributed by atoms with E-state index in [0.29, 0.717) is 12.2 Å². The molecule has 0 spiro atoms. The molecular weight excluding hydrogens is 296 g/mol. The van der Waals surface area contributed by atoms with Gasteiger partial charge in [0.25, 0.3) is 0 Å². The van der Waals surface area contributed by atoms with Crippen molar-refractivity contribution in [2.75, 3.05) is 0 Å². The molecule has 0 fully saturated rings. The highest BCUT2D eigenvalue weighted by atomic mass is 16.5. The summed E-state index contributed by atoms with van der Waals surface area (Å²) in [4.78, 5) is 11.2. The third kappa shape index (κ3) is 5.23. The van der Waals surface area contributed by atoms with E-state index in [4.69, 9.17) is 4.74 Å². The smallest absolute Gasteiger partial charge is 0.150 e. The zero-order valence-electron chi connectivity index (χ0n) is 14.9. The van der Waals surface area contributed by atoms with Crippen LogP contribution in [0.2, 0.25) is 0 Å². The molecule has 0 bridgehead atoms. The molecule has 0 atom stereocenters. The molecule has 2 nitrogen and oxygen atoms in total. The van der Waals surface area contributed by atoms with Crippen LogP contribution in [0, 0.1) is 0 Å². The molecule has 0 saturated heterocycles. The minimum Gasteiger partial charge on any atom is -0.489 e.